The SMILES string of the molecule is CCNC(=O)CC[C@@H](C)C1CCC2C3C(CCC21C)C1(C)CCCCC1C[C@@H]3O. The van der Waals surface area contributed by atoms with E-state index in [0.29, 0.717) is 40.9 Å². The zero-order chi connectivity index (χ0) is 20.8. The van der Waals surface area contributed by atoms with Gasteiger partial charge in [0.05, 0.1) is 6.10 Å². The second-order valence-corrected chi connectivity index (χ2v) is 11.7. The Morgan fingerprint density at radius 1 is 1.07 bits per heavy atom. The number of hydrogen-bond donors (Lipinski definition) is 2. The monoisotopic (exact) mass is 403 g/mol. The highest BCUT2D eigenvalue weighted by atomic mass is 16.3. The van der Waals surface area contributed by atoms with Gasteiger partial charge < -0.3 is 10.4 Å². The molecular formula is C26H45NO2. The minimum atomic E-state index is -0.0785. The lowest BCUT2D eigenvalue weighted by molar-refractivity contribution is -0.164. The number of carbonyl (C=O) groups is 1. The predicted octanol–water partition coefficient (Wildman–Crippen LogP) is 5.56. The number of fused-ring (bicyclic) bond motifs is 5. The second-order valence-electron chi connectivity index (χ2n) is 11.7. The molecule has 0 heterocycles. The van der Waals surface area contributed by atoms with Gasteiger partial charge in [0.25, 0.3) is 0 Å². The fraction of sp³-hybridized carbons (Fsp3) is 0.962. The first-order chi connectivity index (χ1) is 13.8. The Hall–Kier alpha value is -0.570. The van der Waals surface area contributed by atoms with Crippen LogP contribution in [0.4, 0.5) is 0 Å². The van der Waals surface area contributed by atoms with E-state index in [2.05, 4.69) is 26.1 Å². The van der Waals surface area contributed by atoms with Crippen molar-refractivity contribution in [3.05, 3.63) is 0 Å². The van der Waals surface area contributed by atoms with E-state index in [-0.39, 0.29) is 12.0 Å². The Kier molecular flexibility index (Phi) is 6.10. The van der Waals surface area contributed by atoms with Gasteiger partial charge in [0, 0.05) is 13.0 Å². The van der Waals surface area contributed by atoms with Crippen LogP contribution in [-0.4, -0.2) is 23.7 Å². The first-order valence-electron chi connectivity index (χ1n) is 12.8. The van der Waals surface area contributed by atoms with Crippen molar-refractivity contribution in [3.8, 4) is 0 Å². The Bertz CT molecular complexity index is 606. The van der Waals surface area contributed by atoms with Gasteiger partial charge in [-0.2, -0.15) is 0 Å². The first-order valence-corrected chi connectivity index (χ1v) is 12.8. The number of rotatable bonds is 5. The van der Waals surface area contributed by atoms with Crippen LogP contribution in [-0.2, 0) is 4.79 Å². The highest BCUT2D eigenvalue weighted by molar-refractivity contribution is 5.75. The Balaban J connectivity index is 1.49. The molecule has 9 atom stereocenters. The summed E-state index contributed by atoms with van der Waals surface area (Å²) < 4.78 is 0. The van der Waals surface area contributed by atoms with E-state index in [0.717, 1.165) is 31.2 Å². The second kappa shape index (κ2) is 8.17. The Labute approximate surface area is 178 Å². The van der Waals surface area contributed by atoms with Gasteiger partial charge in [0.1, 0.15) is 0 Å². The van der Waals surface area contributed by atoms with Crippen molar-refractivity contribution in [1.82, 2.24) is 5.32 Å². The molecule has 7 unspecified atom stereocenters. The van der Waals surface area contributed by atoms with Crippen LogP contribution in [0.15, 0.2) is 0 Å². The molecule has 29 heavy (non-hydrogen) atoms. The summed E-state index contributed by atoms with van der Waals surface area (Å²) in [6.07, 6.45) is 13.4. The lowest BCUT2D eigenvalue weighted by atomic mass is 9.44. The highest BCUT2D eigenvalue weighted by Crippen LogP contribution is 2.68. The number of amides is 1. The molecule has 4 fully saturated rings. The molecule has 4 aliphatic rings. The summed E-state index contributed by atoms with van der Waals surface area (Å²) in [5.74, 6) is 4.22. The molecule has 0 aromatic rings. The maximum atomic E-state index is 12.0. The van der Waals surface area contributed by atoms with Gasteiger partial charge in [-0.25, -0.2) is 0 Å². The molecule has 4 rings (SSSR count). The fourth-order valence-corrected chi connectivity index (χ4v) is 9.08. The summed E-state index contributed by atoms with van der Waals surface area (Å²) in [4.78, 5) is 12.0. The lowest BCUT2D eigenvalue weighted by Crippen LogP contribution is -2.57. The van der Waals surface area contributed by atoms with E-state index < -0.39 is 0 Å². The lowest BCUT2D eigenvalue weighted by Gasteiger charge is -2.62. The van der Waals surface area contributed by atoms with Crippen molar-refractivity contribution >= 4 is 5.91 Å². The molecular weight excluding hydrogens is 358 g/mol. The van der Waals surface area contributed by atoms with Crippen molar-refractivity contribution in [3.63, 3.8) is 0 Å². The molecule has 166 valence electrons. The zero-order valence-electron chi connectivity index (χ0n) is 19.4. The van der Waals surface area contributed by atoms with Gasteiger partial charge in [0.2, 0.25) is 5.91 Å². The van der Waals surface area contributed by atoms with Crippen molar-refractivity contribution in [2.75, 3.05) is 6.54 Å². The molecule has 4 saturated carbocycles. The molecule has 1 amide bonds. The van der Waals surface area contributed by atoms with Gasteiger partial charge in [0.15, 0.2) is 0 Å². The molecule has 3 nitrogen and oxygen atoms in total. The molecule has 0 aliphatic heterocycles. The fourth-order valence-electron chi connectivity index (χ4n) is 9.08. The number of nitrogens with one attached hydrogen (secondary N) is 1. The van der Waals surface area contributed by atoms with Crippen LogP contribution in [0.25, 0.3) is 0 Å². The molecule has 3 heteroatoms. The van der Waals surface area contributed by atoms with Gasteiger partial charge in [-0.1, -0.05) is 33.6 Å². The maximum absolute atomic E-state index is 12.0. The van der Waals surface area contributed by atoms with Crippen molar-refractivity contribution in [2.24, 2.45) is 46.3 Å². The molecule has 0 bridgehead atoms. The Morgan fingerprint density at radius 2 is 1.83 bits per heavy atom. The van der Waals surface area contributed by atoms with E-state index in [1.807, 2.05) is 6.92 Å². The van der Waals surface area contributed by atoms with Crippen molar-refractivity contribution in [2.45, 2.75) is 104 Å². The van der Waals surface area contributed by atoms with Crippen molar-refractivity contribution < 1.29 is 9.90 Å². The molecule has 0 aromatic carbocycles. The first kappa shape index (κ1) is 21.7. The van der Waals surface area contributed by atoms with E-state index in [1.54, 1.807) is 0 Å². The summed E-state index contributed by atoms with van der Waals surface area (Å²) >= 11 is 0. The van der Waals surface area contributed by atoms with Crippen LogP contribution in [0.5, 0.6) is 0 Å². The van der Waals surface area contributed by atoms with Crippen LogP contribution in [0, 0.1) is 46.3 Å². The number of aliphatic hydroxyl groups excluding tert-OH is 1. The topological polar surface area (TPSA) is 49.3 Å². The minimum Gasteiger partial charge on any atom is -0.393 e. The Morgan fingerprint density at radius 3 is 2.59 bits per heavy atom. The summed E-state index contributed by atoms with van der Waals surface area (Å²) in [5.41, 5.74) is 0.839. The van der Waals surface area contributed by atoms with E-state index >= 15 is 0 Å². The van der Waals surface area contributed by atoms with Crippen LogP contribution in [0.1, 0.15) is 98.3 Å². The molecule has 0 aromatic heterocycles. The third-order valence-electron chi connectivity index (χ3n) is 10.6. The van der Waals surface area contributed by atoms with E-state index in [4.69, 9.17) is 0 Å². The molecule has 0 radical (unpaired) electrons. The van der Waals surface area contributed by atoms with Crippen LogP contribution < -0.4 is 5.32 Å². The third-order valence-corrected chi connectivity index (χ3v) is 10.6. The molecule has 4 aliphatic carbocycles. The molecule has 0 saturated heterocycles. The highest BCUT2D eigenvalue weighted by Gasteiger charge is 2.62. The summed E-state index contributed by atoms with van der Waals surface area (Å²) in [6.45, 7) is 10.3. The standard InChI is InChI=1S/C26H45NO2/c1-5-27-23(29)12-9-17(2)19-10-11-20-24-21(13-15-26(19,20)4)25(3)14-7-6-8-18(25)16-22(24)28/h17-22,24,28H,5-16H2,1-4H3,(H,27,29)/t17-,18?,19?,20?,21?,22+,24?,25?,26?/m1/s1. The quantitative estimate of drug-likeness (QED) is 0.631. The van der Waals surface area contributed by atoms with Crippen molar-refractivity contribution in [1.29, 1.82) is 0 Å². The number of hydrogen-bond acceptors (Lipinski definition) is 2. The zero-order valence-corrected chi connectivity index (χ0v) is 19.4. The largest absolute Gasteiger partial charge is 0.393 e. The summed E-state index contributed by atoms with van der Waals surface area (Å²) in [5, 5.41) is 14.3. The molecule has 2 N–H and O–H groups in total. The summed E-state index contributed by atoms with van der Waals surface area (Å²) in [7, 11) is 0. The van der Waals surface area contributed by atoms with Gasteiger partial charge in [-0.3, -0.25) is 4.79 Å². The molecule has 0 spiro atoms. The average Bonchev–Trinajstić information content (AvgIpc) is 3.04. The summed E-state index contributed by atoms with van der Waals surface area (Å²) in [6, 6.07) is 0. The van der Waals surface area contributed by atoms with Gasteiger partial charge >= 0.3 is 0 Å². The van der Waals surface area contributed by atoms with Gasteiger partial charge in [-0.05, 0) is 105 Å². The van der Waals surface area contributed by atoms with Crippen LogP contribution in [0.3, 0.4) is 0 Å². The normalized spacial score (nSPS) is 47.6. The third kappa shape index (κ3) is 3.58. The minimum absolute atomic E-state index is 0.0785. The predicted molar refractivity (Wildman–Crippen MR) is 118 cm³/mol. The van der Waals surface area contributed by atoms with Crippen LogP contribution in [0.2, 0.25) is 0 Å². The van der Waals surface area contributed by atoms with Crippen LogP contribution >= 0.6 is 0 Å². The smallest absolute Gasteiger partial charge is 0.219 e. The van der Waals surface area contributed by atoms with E-state index in [9.17, 15) is 9.90 Å². The average molecular weight is 404 g/mol. The number of carbonyl (C=O) groups excluding carboxylic acids is 1. The number of aliphatic hydroxyl groups is 1. The maximum Gasteiger partial charge on any atom is 0.219 e. The van der Waals surface area contributed by atoms with Gasteiger partial charge in [-0.15, -0.1) is 0 Å². The van der Waals surface area contributed by atoms with E-state index in [1.165, 1.54) is 51.4 Å².